The van der Waals surface area contributed by atoms with Gasteiger partial charge in [-0.15, -0.1) is 5.10 Å². The Morgan fingerprint density at radius 2 is 2.12 bits per heavy atom. The van der Waals surface area contributed by atoms with Gasteiger partial charge in [-0.05, 0) is 18.9 Å². The summed E-state index contributed by atoms with van der Waals surface area (Å²) in [6, 6.07) is 8.52. The predicted molar refractivity (Wildman–Crippen MR) is 98.7 cm³/mol. The summed E-state index contributed by atoms with van der Waals surface area (Å²) in [5.41, 5.74) is 1.51. The highest BCUT2D eigenvalue weighted by Crippen LogP contribution is 2.22. The summed E-state index contributed by atoms with van der Waals surface area (Å²) in [4.78, 5) is 18.3. The summed E-state index contributed by atoms with van der Waals surface area (Å²) in [6.07, 6.45) is 5.29. The molecule has 8 nitrogen and oxygen atoms in total. The van der Waals surface area contributed by atoms with Crippen LogP contribution in [0.4, 0.5) is 5.82 Å². The number of ether oxygens (including phenoxy) is 1. The molecule has 1 saturated heterocycles. The monoisotopic (exact) mass is 354 g/mol. The maximum Gasteiger partial charge on any atom is 0.347 e. The van der Waals surface area contributed by atoms with Gasteiger partial charge >= 0.3 is 5.69 Å². The molecule has 1 aliphatic heterocycles. The number of aromatic nitrogens is 4. The second kappa shape index (κ2) is 7.17. The minimum atomic E-state index is -0.239. The lowest BCUT2D eigenvalue weighted by Gasteiger charge is -2.33. The van der Waals surface area contributed by atoms with Crippen LogP contribution in [0, 0.1) is 0 Å². The van der Waals surface area contributed by atoms with E-state index in [0.717, 1.165) is 44.0 Å². The molecule has 1 aliphatic rings. The molecule has 1 fully saturated rings. The molecule has 0 atom stereocenters. The van der Waals surface area contributed by atoms with Gasteiger partial charge in [0.25, 0.3) is 0 Å². The van der Waals surface area contributed by atoms with Gasteiger partial charge < -0.3 is 15.0 Å². The number of rotatable bonds is 5. The lowest BCUT2D eigenvalue weighted by atomic mass is 10.0. The van der Waals surface area contributed by atoms with Crippen molar-refractivity contribution < 1.29 is 4.74 Å². The highest BCUT2D eigenvalue weighted by molar-refractivity contribution is 5.63. The van der Waals surface area contributed by atoms with Gasteiger partial charge in [0.2, 0.25) is 5.65 Å². The van der Waals surface area contributed by atoms with Gasteiger partial charge in [-0.2, -0.15) is 0 Å². The summed E-state index contributed by atoms with van der Waals surface area (Å²) in [5.74, 6) is 1.67. The van der Waals surface area contributed by atoms with E-state index in [1.165, 1.54) is 9.96 Å². The lowest BCUT2D eigenvalue weighted by molar-refractivity contribution is 0.391. The first kappa shape index (κ1) is 16.6. The van der Waals surface area contributed by atoms with E-state index < -0.39 is 0 Å². The fourth-order valence-corrected chi connectivity index (χ4v) is 3.45. The molecule has 0 unspecified atom stereocenters. The van der Waals surface area contributed by atoms with Gasteiger partial charge in [-0.25, -0.2) is 19.3 Å². The molecule has 136 valence electrons. The molecule has 2 aromatic heterocycles. The zero-order valence-corrected chi connectivity index (χ0v) is 14.7. The molecule has 0 amide bonds. The molecule has 2 N–H and O–H groups in total. The zero-order chi connectivity index (χ0) is 17.9. The van der Waals surface area contributed by atoms with Crippen molar-refractivity contribution in [1.82, 2.24) is 24.9 Å². The number of aromatic amines is 1. The Labute approximate surface area is 150 Å². The summed E-state index contributed by atoms with van der Waals surface area (Å²) in [7, 11) is 1.70. The third-order valence-electron chi connectivity index (χ3n) is 4.89. The summed E-state index contributed by atoms with van der Waals surface area (Å²) in [5, 5.41) is 10.2. The third-order valence-corrected chi connectivity index (χ3v) is 4.89. The number of para-hydroxylation sites is 1. The number of methoxy groups -OCH3 is 1. The van der Waals surface area contributed by atoms with E-state index in [4.69, 9.17) is 4.74 Å². The van der Waals surface area contributed by atoms with Crippen LogP contribution >= 0.6 is 0 Å². The Balaban J connectivity index is 1.39. The van der Waals surface area contributed by atoms with Crippen LogP contribution in [0.1, 0.15) is 18.4 Å². The molecule has 0 radical (unpaired) electrons. The number of nitrogens with zero attached hydrogens (tertiary/aromatic N) is 4. The van der Waals surface area contributed by atoms with Crippen molar-refractivity contribution in [3.63, 3.8) is 0 Å². The maximum atomic E-state index is 11.7. The number of hydrogen-bond donors (Lipinski definition) is 2. The number of hydrogen-bond acceptors (Lipinski definition) is 6. The van der Waals surface area contributed by atoms with E-state index in [1.54, 1.807) is 19.5 Å². The van der Waals surface area contributed by atoms with Crippen molar-refractivity contribution >= 4 is 11.5 Å². The largest absolute Gasteiger partial charge is 0.496 e. The Hall–Kier alpha value is -2.87. The van der Waals surface area contributed by atoms with Crippen LogP contribution in [-0.4, -0.2) is 45.8 Å². The van der Waals surface area contributed by atoms with Crippen LogP contribution < -0.4 is 20.6 Å². The second-order valence-electron chi connectivity index (χ2n) is 6.43. The van der Waals surface area contributed by atoms with Crippen LogP contribution in [0.2, 0.25) is 0 Å². The lowest BCUT2D eigenvalue weighted by Crippen LogP contribution is -2.42. The Morgan fingerprint density at radius 1 is 1.31 bits per heavy atom. The Kier molecular flexibility index (Phi) is 4.57. The molecule has 3 heterocycles. The summed E-state index contributed by atoms with van der Waals surface area (Å²) >= 11 is 0. The van der Waals surface area contributed by atoms with E-state index in [1.807, 2.05) is 18.2 Å². The average molecular weight is 354 g/mol. The third kappa shape index (κ3) is 3.15. The smallest absolute Gasteiger partial charge is 0.347 e. The Morgan fingerprint density at radius 3 is 2.92 bits per heavy atom. The number of piperidine rings is 1. The van der Waals surface area contributed by atoms with Gasteiger partial charge in [0.15, 0.2) is 5.82 Å². The van der Waals surface area contributed by atoms with E-state index in [0.29, 0.717) is 11.7 Å². The fourth-order valence-electron chi connectivity index (χ4n) is 3.45. The van der Waals surface area contributed by atoms with Gasteiger partial charge in [0, 0.05) is 43.6 Å². The molecule has 0 saturated carbocycles. The van der Waals surface area contributed by atoms with Crippen molar-refractivity contribution in [1.29, 1.82) is 0 Å². The van der Waals surface area contributed by atoms with Crippen LogP contribution in [-0.2, 0) is 6.54 Å². The summed E-state index contributed by atoms with van der Waals surface area (Å²) in [6.45, 7) is 2.53. The SMILES string of the molecule is COc1ccccc1CNC1CCN(c2nccn3c(=O)[nH]nc23)CC1. The van der Waals surface area contributed by atoms with Crippen LogP contribution in [0.15, 0.2) is 41.5 Å². The maximum absolute atomic E-state index is 11.7. The van der Waals surface area contributed by atoms with E-state index >= 15 is 0 Å². The molecule has 1 aromatic carbocycles. The molecule has 26 heavy (non-hydrogen) atoms. The first-order chi connectivity index (χ1) is 12.8. The number of benzene rings is 1. The minimum Gasteiger partial charge on any atom is -0.496 e. The highest BCUT2D eigenvalue weighted by Gasteiger charge is 2.22. The van der Waals surface area contributed by atoms with Crippen molar-refractivity contribution in [2.45, 2.75) is 25.4 Å². The first-order valence-electron chi connectivity index (χ1n) is 8.78. The van der Waals surface area contributed by atoms with Crippen molar-refractivity contribution in [3.8, 4) is 5.75 Å². The van der Waals surface area contributed by atoms with Crippen LogP contribution in [0.5, 0.6) is 5.75 Å². The van der Waals surface area contributed by atoms with E-state index in [-0.39, 0.29) is 5.69 Å². The molecule has 3 aromatic rings. The summed E-state index contributed by atoms with van der Waals surface area (Å²) < 4.78 is 6.90. The topological polar surface area (TPSA) is 87.5 Å². The van der Waals surface area contributed by atoms with Crippen molar-refractivity contribution in [2.75, 3.05) is 25.1 Å². The van der Waals surface area contributed by atoms with Crippen LogP contribution in [0.25, 0.3) is 5.65 Å². The van der Waals surface area contributed by atoms with Crippen molar-refractivity contribution in [3.05, 3.63) is 52.7 Å². The van der Waals surface area contributed by atoms with E-state index in [2.05, 4.69) is 31.5 Å². The fraction of sp³-hybridized carbons (Fsp3) is 0.389. The minimum absolute atomic E-state index is 0.239. The van der Waals surface area contributed by atoms with Gasteiger partial charge in [0.05, 0.1) is 7.11 Å². The Bertz CT molecular complexity index is 942. The number of nitrogens with one attached hydrogen (secondary N) is 2. The van der Waals surface area contributed by atoms with Crippen molar-refractivity contribution in [2.24, 2.45) is 0 Å². The average Bonchev–Trinajstić information content (AvgIpc) is 3.08. The van der Waals surface area contributed by atoms with E-state index in [9.17, 15) is 4.79 Å². The van der Waals surface area contributed by atoms with Crippen LogP contribution in [0.3, 0.4) is 0 Å². The predicted octanol–water partition coefficient (Wildman–Crippen LogP) is 1.18. The quantitative estimate of drug-likeness (QED) is 0.716. The second-order valence-corrected chi connectivity index (χ2v) is 6.43. The first-order valence-corrected chi connectivity index (χ1v) is 8.78. The van der Waals surface area contributed by atoms with Gasteiger partial charge in [0.1, 0.15) is 5.75 Å². The molecule has 0 bridgehead atoms. The molecule has 4 rings (SSSR count). The zero-order valence-electron chi connectivity index (χ0n) is 14.7. The number of anilines is 1. The van der Waals surface area contributed by atoms with Gasteiger partial charge in [-0.3, -0.25) is 0 Å². The molecule has 0 spiro atoms. The standard InChI is InChI=1S/C18H22N6O2/c1-26-15-5-3-2-4-13(15)12-20-14-6-9-23(10-7-14)16-17-21-22-18(25)24(17)11-8-19-16/h2-5,8,11,14,20H,6-7,9-10,12H2,1H3,(H,22,25). The molecule has 0 aliphatic carbocycles. The number of fused-ring (bicyclic) bond motifs is 1. The normalized spacial score (nSPS) is 15.5. The highest BCUT2D eigenvalue weighted by atomic mass is 16.5. The number of H-pyrrole nitrogens is 1. The molecular formula is C18H22N6O2. The molecule has 8 heteroatoms. The van der Waals surface area contributed by atoms with Gasteiger partial charge in [-0.1, -0.05) is 18.2 Å². The molecular weight excluding hydrogens is 332 g/mol.